The molecule has 126 heavy (non-hydrogen) atoms. The van der Waals surface area contributed by atoms with Gasteiger partial charge in [-0.25, -0.2) is 9.69 Å². The molecule has 3 atom stereocenters. The van der Waals surface area contributed by atoms with Gasteiger partial charge in [-0.05, 0) is 187 Å². The molecule has 0 bridgehead atoms. The van der Waals surface area contributed by atoms with Gasteiger partial charge in [0.1, 0.15) is 36.2 Å². The zero-order chi connectivity index (χ0) is 91.7. The van der Waals surface area contributed by atoms with E-state index in [0.717, 1.165) is 35.6 Å². The highest BCUT2D eigenvalue weighted by Crippen LogP contribution is 2.44. The van der Waals surface area contributed by atoms with Gasteiger partial charge in [0.15, 0.2) is 16.9 Å². The summed E-state index contributed by atoms with van der Waals surface area (Å²) in [6, 6.07) is 23.9. The number of carboxylic acids is 1. The highest BCUT2D eigenvalue weighted by Gasteiger charge is 2.42. The number of aromatic hydroxyl groups is 1. The largest absolute Gasteiger partial charge is 0.508 e. The molecule has 1 aliphatic carbocycles. The number of rotatable bonds is 54. The molecule has 16 N–H and O–H groups in total. The van der Waals surface area contributed by atoms with Crippen molar-refractivity contribution in [2.45, 2.75) is 129 Å². The van der Waals surface area contributed by atoms with Crippen molar-refractivity contribution in [3.8, 4) is 39.7 Å². The maximum absolute atomic E-state index is 15.5. The molecular weight excluding hydrogens is 1640 g/mol. The van der Waals surface area contributed by atoms with Crippen LogP contribution in [0.15, 0.2) is 112 Å². The quantitative estimate of drug-likeness (QED) is 0.0149. The van der Waals surface area contributed by atoms with Crippen LogP contribution in [0.25, 0.3) is 33.4 Å². The molecule has 0 aromatic heterocycles. The van der Waals surface area contributed by atoms with E-state index in [0.29, 0.717) is 110 Å². The number of hydrogen-bond acceptors (Lipinski definition) is 25. The topological polar surface area (TPSA) is 520 Å². The van der Waals surface area contributed by atoms with Gasteiger partial charge in [-0.15, -0.1) is 11.8 Å². The monoisotopic (exact) mass is 1770 g/mol. The Morgan fingerprint density at radius 3 is 1.61 bits per heavy atom. The number of unbranched alkanes of at least 4 members (excludes halogenated alkanes) is 5. The smallest absolute Gasteiger partial charge is 0.336 e. The number of fused-ring (bicyclic) bond motifs is 3. The minimum absolute atomic E-state index is 0.00447. The summed E-state index contributed by atoms with van der Waals surface area (Å²) in [5.74, 6) is -9.43. The highest BCUT2D eigenvalue weighted by atomic mass is 32.2. The van der Waals surface area contributed by atoms with Crippen LogP contribution < -0.4 is 64.8 Å². The van der Waals surface area contributed by atoms with Crippen molar-refractivity contribution in [1.29, 1.82) is 0 Å². The van der Waals surface area contributed by atoms with Gasteiger partial charge in [0.25, 0.3) is 0 Å². The lowest BCUT2D eigenvalue weighted by Gasteiger charge is -2.35. The first-order chi connectivity index (χ1) is 60.4. The Hall–Kier alpha value is -11.6. The summed E-state index contributed by atoms with van der Waals surface area (Å²) in [7, 11) is 0. The van der Waals surface area contributed by atoms with E-state index >= 15 is 19.2 Å². The van der Waals surface area contributed by atoms with Gasteiger partial charge < -0.3 is 108 Å². The number of carboxylic acid groups (broad SMARTS) is 1. The first-order valence-electron chi connectivity index (χ1n) is 42.9. The van der Waals surface area contributed by atoms with Crippen molar-refractivity contribution in [2.24, 2.45) is 46.2 Å². The van der Waals surface area contributed by atoms with E-state index in [1.165, 1.54) is 87.7 Å². The number of nitrogens with zero attached hydrogens (tertiary/aromatic N) is 9. The molecule has 0 radical (unpaired) electrons. The predicted molar refractivity (Wildman–Crippen MR) is 476 cm³/mol. The fraction of sp³-hybridized carbons (Fsp3) is 0.506. The number of hydrogen-bond donors (Lipinski definition) is 10. The molecule has 4 aromatic carbocycles. The zero-order valence-corrected chi connectivity index (χ0v) is 73.5. The first-order valence-corrected chi connectivity index (χ1v) is 43.9. The van der Waals surface area contributed by atoms with Gasteiger partial charge in [-0.1, -0.05) is 70.2 Å². The van der Waals surface area contributed by atoms with E-state index in [1.54, 1.807) is 55.5 Å². The Labute approximate surface area is 737 Å². The highest BCUT2D eigenvalue weighted by molar-refractivity contribution is 8.00. The maximum Gasteiger partial charge on any atom is 0.336 e. The SMILES string of the molecule is CC(C)CN(CC(=O)N(CCCCN)CC(=O)N(CC(=O)N(CC(=O)N(CCCCN)CC(=O)N(CC(=O)N(CCCCN)CC(=O)N(CCCCN)CC(=O)N[C@@H](CSC1CC(=O)N(c2ccc(-c3c4ccc(=O)cc-4oc4cc(O)ccc34)c(C(=O)O)c2)C1=O)C(N)=O)CC(C)C)Cc1ccc2c(c1)OCO2)C(C)c1ccccc1)C(=O)CNCCCCN. The summed E-state index contributed by atoms with van der Waals surface area (Å²) in [4.78, 5) is 211. The van der Waals surface area contributed by atoms with Crippen LogP contribution in [0.4, 0.5) is 5.69 Å². The number of nitrogens with one attached hydrogen (secondary N) is 2. The number of primary amides is 1. The average molecular weight is 1770 g/mol. The molecule has 1 fully saturated rings. The second kappa shape index (κ2) is 49.9. The first kappa shape index (κ1) is 99.8. The van der Waals surface area contributed by atoms with Gasteiger partial charge in [0, 0.05) is 86.6 Å². The normalized spacial score (nSPS) is 13.4. The molecule has 3 aliphatic heterocycles. The second-order valence-electron chi connectivity index (χ2n) is 32.3. The van der Waals surface area contributed by atoms with Gasteiger partial charge in [-0.3, -0.25) is 62.3 Å². The van der Waals surface area contributed by atoms with Crippen molar-refractivity contribution in [2.75, 3.05) is 155 Å². The molecule has 4 aromatic rings. The number of nitrogens with two attached hydrogens (primary N) is 6. The van der Waals surface area contributed by atoms with Gasteiger partial charge in [0.2, 0.25) is 77.7 Å². The second-order valence-corrected chi connectivity index (χ2v) is 33.5. The molecule has 8 rings (SSSR count). The van der Waals surface area contributed by atoms with Crippen LogP contribution >= 0.6 is 11.8 Å². The maximum atomic E-state index is 15.5. The Bertz CT molecular complexity index is 4790. The molecule has 0 spiro atoms. The van der Waals surface area contributed by atoms with Crippen LogP contribution in [0.1, 0.15) is 133 Å². The van der Waals surface area contributed by atoms with Crippen LogP contribution in [0.3, 0.4) is 0 Å². The predicted octanol–water partition coefficient (Wildman–Crippen LogP) is 3.22. The van der Waals surface area contributed by atoms with Gasteiger partial charge >= 0.3 is 5.97 Å². The molecule has 37 heteroatoms. The van der Waals surface area contributed by atoms with Crippen molar-refractivity contribution in [1.82, 2.24) is 49.8 Å². The molecule has 684 valence electrons. The molecule has 36 nitrogen and oxygen atoms in total. The van der Waals surface area contributed by atoms with Gasteiger partial charge in [0.05, 0.1) is 68.4 Å². The molecule has 2 unspecified atom stereocenters. The third-order valence-electron chi connectivity index (χ3n) is 21.4. The minimum Gasteiger partial charge on any atom is -0.508 e. The van der Waals surface area contributed by atoms with Crippen LogP contribution in [-0.4, -0.2) is 288 Å². The average Bonchev–Trinajstić information content (AvgIpc) is 0.986. The standard InChI is InChI=1S/C89H123N17O19S/c1-58(2)45-102(78(111)44-96-34-14-9-29-90)51-80(113)101(38-18-13-33-94)54-85(118)105(60(5)62-19-7-6-8-20-62)55-84(117)104(47-61-21-28-71-74(39-61)124-57-123-71)53-82(115)100(37-17-12-32-93)50-83(116)103(46-59(3)4)52-81(114)99(36-16-11-31-92)49-79(112)98(35-15-10-30-91)48-76(109)97-70(87(95)119)56-126-75-43-77(110)106(88(75)120)63-22-25-66(69(40-63)89(121)122)86-67-26-23-64(107)41-72(67)125-73-42-65(108)24-27-68(73)86/h6-8,19-28,39-42,58-60,70,75,96,107H,9-18,29-38,43-57,90-94H2,1-5H3,(H2,95,119)(H,97,109)(H,121,122)/t60?,70-,75?/m0/s1. The lowest BCUT2D eigenvalue weighted by atomic mass is 9.90. The zero-order valence-electron chi connectivity index (χ0n) is 72.7. The molecule has 1 saturated heterocycles. The van der Waals surface area contributed by atoms with E-state index in [2.05, 4.69) is 10.6 Å². The fourth-order valence-electron chi connectivity index (χ4n) is 14.8. The molecule has 0 saturated carbocycles. The van der Waals surface area contributed by atoms with Crippen molar-refractivity contribution >= 4 is 105 Å². The number of thioether (sulfide) groups is 1. The summed E-state index contributed by atoms with van der Waals surface area (Å²) in [5.41, 5.74) is 36.6. The van der Waals surface area contributed by atoms with E-state index in [4.69, 9.17) is 48.3 Å². The Morgan fingerprint density at radius 2 is 1.05 bits per heavy atom. The molecular formula is C89H123N17O19S. The Morgan fingerprint density at radius 1 is 0.532 bits per heavy atom. The fourth-order valence-corrected chi connectivity index (χ4v) is 15.9. The van der Waals surface area contributed by atoms with Crippen molar-refractivity contribution in [3.05, 3.63) is 130 Å². The van der Waals surface area contributed by atoms with E-state index in [-0.39, 0.29) is 143 Å². The number of phenols is 1. The summed E-state index contributed by atoms with van der Waals surface area (Å²) >= 11 is 0.835. The minimum atomic E-state index is -1.47. The summed E-state index contributed by atoms with van der Waals surface area (Å²) in [5, 5.41) is 25.9. The van der Waals surface area contributed by atoms with Crippen LogP contribution in [-0.2, 0) is 64.1 Å². The van der Waals surface area contributed by atoms with E-state index in [9.17, 15) is 58.2 Å². The van der Waals surface area contributed by atoms with Crippen LogP contribution in [0.2, 0.25) is 0 Å². The third-order valence-corrected chi connectivity index (χ3v) is 22.7. The Balaban J connectivity index is 0.980. The number of amides is 12. The van der Waals surface area contributed by atoms with E-state index in [1.807, 2.05) is 27.7 Å². The number of carbonyl (C=O) groups is 13. The van der Waals surface area contributed by atoms with Crippen molar-refractivity contribution in [3.63, 3.8) is 0 Å². The van der Waals surface area contributed by atoms with E-state index < -0.39 is 146 Å². The Kier molecular flexibility index (Phi) is 39.5. The number of benzene rings is 5. The number of ether oxygens (including phenoxy) is 2. The molecule has 4 aliphatic rings. The molecule has 3 heterocycles. The molecule has 12 amide bonds. The summed E-state index contributed by atoms with van der Waals surface area (Å²) in [6.45, 7) is 6.76. The van der Waals surface area contributed by atoms with Crippen molar-refractivity contribution < 1.29 is 86.4 Å². The number of imide groups is 1. The number of aromatic carboxylic acids is 1. The third kappa shape index (κ3) is 29.2. The summed E-state index contributed by atoms with van der Waals surface area (Å²) in [6.07, 6.45) is 4.25. The van der Waals surface area contributed by atoms with Crippen LogP contribution in [0, 0.1) is 11.8 Å². The lowest BCUT2D eigenvalue weighted by Crippen LogP contribution is -2.53. The van der Waals surface area contributed by atoms with Gasteiger partial charge in [-0.2, -0.15) is 0 Å². The lowest BCUT2D eigenvalue weighted by molar-refractivity contribution is -0.150. The number of phenolic OH excluding ortho intramolecular Hbond substituents is 1. The number of carbonyl (C=O) groups excluding carboxylic acids is 12. The number of anilines is 1. The van der Waals surface area contributed by atoms with Crippen LogP contribution in [0.5, 0.6) is 17.2 Å². The summed E-state index contributed by atoms with van der Waals surface area (Å²) < 4.78 is 17.3.